The molecule has 2 rings (SSSR count). The number of halogens is 1. The lowest BCUT2D eigenvalue weighted by atomic mass is 10.1. The highest BCUT2D eigenvalue weighted by atomic mass is 35.5. The Morgan fingerprint density at radius 1 is 1.22 bits per heavy atom. The number of rotatable bonds is 4. The molecule has 0 aromatic heterocycles. The summed E-state index contributed by atoms with van der Waals surface area (Å²) in [6.07, 6.45) is 2.77. The first-order valence-corrected chi connectivity index (χ1v) is 7.19. The van der Waals surface area contributed by atoms with Crippen molar-refractivity contribution in [2.45, 2.75) is 6.92 Å². The number of carbonyl (C=O) groups is 1. The van der Waals surface area contributed by atoms with Crippen molar-refractivity contribution in [3.8, 4) is 0 Å². The van der Waals surface area contributed by atoms with Crippen molar-refractivity contribution in [2.75, 3.05) is 5.73 Å². The fourth-order valence-corrected chi connectivity index (χ4v) is 2.07. The molecular weight excluding hydrogens is 314 g/mol. The molecule has 0 saturated heterocycles. The average molecular weight is 330 g/mol. The minimum Gasteiger partial charge on any atom is -0.398 e. The van der Waals surface area contributed by atoms with Gasteiger partial charge in [-0.25, -0.2) is 4.79 Å². The first-order valence-electron chi connectivity index (χ1n) is 6.81. The second kappa shape index (κ2) is 7.47. The molecule has 0 atom stereocenters. The average Bonchev–Trinajstić information content (AvgIpc) is 2.54. The highest BCUT2D eigenvalue weighted by Gasteiger charge is 2.07. The van der Waals surface area contributed by atoms with Crippen LogP contribution in [0.25, 0.3) is 6.08 Å². The van der Waals surface area contributed by atoms with Crippen LogP contribution in [0.4, 0.5) is 5.69 Å². The van der Waals surface area contributed by atoms with E-state index < -0.39 is 5.97 Å². The third kappa shape index (κ3) is 4.34. The van der Waals surface area contributed by atoms with Crippen LogP contribution in [-0.2, 0) is 9.63 Å². The summed E-state index contributed by atoms with van der Waals surface area (Å²) in [6.45, 7) is 1.81. The Bertz CT molecular complexity index is 785. The highest BCUT2D eigenvalue weighted by Crippen LogP contribution is 2.17. The van der Waals surface area contributed by atoms with Crippen LogP contribution >= 0.6 is 11.6 Å². The second-order valence-electron chi connectivity index (χ2n) is 4.76. The molecule has 2 aromatic carbocycles. The third-order valence-corrected chi connectivity index (χ3v) is 3.53. The Balaban J connectivity index is 2.06. The van der Waals surface area contributed by atoms with Gasteiger partial charge in [0.1, 0.15) is 0 Å². The van der Waals surface area contributed by atoms with Gasteiger partial charge in [-0.15, -0.1) is 0 Å². The van der Waals surface area contributed by atoms with E-state index in [1.807, 2.05) is 13.0 Å². The van der Waals surface area contributed by atoms with Crippen molar-refractivity contribution in [3.63, 3.8) is 0 Å². The summed E-state index contributed by atoms with van der Waals surface area (Å²) < 4.78 is 0. The molecule has 0 aliphatic heterocycles. The van der Waals surface area contributed by atoms with E-state index in [1.165, 1.54) is 6.08 Å². The summed E-state index contributed by atoms with van der Waals surface area (Å²) >= 11 is 5.98. The van der Waals surface area contributed by atoms with E-state index in [4.69, 9.17) is 27.9 Å². The van der Waals surface area contributed by atoms with Gasteiger partial charge in [-0.2, -0.15) is 0 Å². The summed E-state index contributed by atoms with van der Waals surface area (Å²) in [5, 5.41) is 4.17. The molecule has 5 nitrogen and oxygen atoms in total. The van der Waals surface area contributed by atoms with Gasteiger partial charge in [0, 0.05) is 22.3 Å². The zero-order valence-electron chi connectivity index (χ0n) is 12.5. The van der Waals surface area contributed by atoms with Gasteiger partial charge in [0.25, 0.3) is 0 Å². The topological polar surface area (TPSA) is 90.7 Å². The largest absolute Gasteiger partial charge is 0.398 e. The maximum absolute atomic E-state index is 11.7. The maximum Gasteiger partial charge on any atom is 0.358 e. The normalized spacial score (nSPS) is 11.7. The summed E-state index contributed by atoms with van der Waals surface area (Å²) in [7, 11) is 0. The minimum atomic E-state index is -0.658. The highest BCUT2D eigenvalue weighted by molar-refractivity contribution is 6.32. The lowest BCUT2D eigenvalue weighted by Gasteiger charge is -2.06. The third-order valence-electron chi connectivity index (χ3n) is 3.19. The van der Waals surface area contributed by atoms with E-state index in [0.29, 0.717) is 21.8 Å². The number of amidine groups is 1. The zero-order chi connectivity index (χ0) is 16.8. The molecule has 0 radical (unpaired) electrons. The van der Waals surface area contributed by atoms with E-state index in [1.54, 1.807) is 42.5 Å². The van der Waals surface area contributed by atoms with Gasteiger partial charge >= 0.3 is 5.97 Å². The number of anilines is 1. The van der Waals surface area contributed by atoms with Gasteiger partial charge in [-0.3, -0.25) is 0 Å². The van der Waals surface area contributed by atoms with E-state index in [9.17, 15) is 4.79 Å². The molecule has 0 spiro atoms. The quantitative estimate of drug-likeness (QED) is 0.225. The maximum atomic E-state index is 11.7. The number of hydrogen-bond donors (Lipinski definition) is 2. The van der Waals surface area contributed by atoms with Gasteiger partial charge in [-0.05, 0) is 36.3 Å². The number of carbonyl (C=O) groups excluding carboxylic acids is 1. The van der Waals surface area contributed by atoms with E-state index in [-0.39, 0.29) is 5.84 Å². The van der Waals surface area contributed by atoms with E-state index >= 15 is 0 Å². The molecule has 118 valence electrons. The van der Waals surface area contributed by atoms with Crippen molar-refractivity contribution < 1.29 is 9.63 Å². The molecule has 0 fully saturated rings. The van der Waals surface area contributed by atoms with Crippen molar-refractivity contribution in [1.29, 1.82) is 0 Å². The Labute approximate surface area is 139 Å². The monoisotopic (exact) mass is 329 g/mol. The Morgan fingerprint density at radius 2 is 1.96 bits per heavy atom. The Morgan fingerprint density at radius 3 is 2.70 bits per heavy atom. The molecule has 0 amide bonds. The fraction of sp³-hybridized carbons (Fsp3) is 0.0588. The van der Waals surface area contributed by atoms with Crippen molar-refractivity contribution in [3.05, 3.63) is 70.3 Å². The van der Waals surface area contributed by atoms with Crippen molar-refractivity contribution >= 4 is 35.2 Å². The number of nitrogen functional groups attached to an aromatic ring is 1. The van der Waals surface area contributed by atoms with E-state index in [0.717, 1.165) is 5.56 Å². The van der Waals surface area contributed by atoms with Crippen LogP contribution < -0.4 is 11.5 Å². The van der Waals surface area contributed by atoms with Crippen LogP contribution in [-0.4, -0.2) is 11.8 Å². The summed E-state index contributed by atoms with van der Waals surface area (Å²) in [6, 6.07) is 12.4. The summed E-state index contributed by atoms with van der Waals surface area (Å²) in [5.74, 6) is -0.580. The lowest BCUT2D eigenvalue weighted by molar-refractivity contribution is -0.137. The fourth-order valence-electron chi connectivity index (χ4n) is 1.87. The van der Waals surface area contributed by atoms with Crippen molar-refractivity contribution in [2.24, 2.45) is 10.9 Å². The van der Waals surface area contributed by atoms with Gasteiger partial charge in [0.15, 0.2) is 5.84 Å². The first kappa shape index (κ1) is 16.6. The van der Waals surface area contributed by atoms with Gasteiger partial charge in [-0.1, -0.05) is 47.1 Å². The number of benzene rings is 2. The van der Waals surface area contributed by atoms with Crippen LogP contribution in [0.1, 0.15) is 16.7 Å². The van der Waals surface area contributed by atoms with Gasteiger partial charge in [0.2, 0.25) is 0 Å². The van der Waals surface area contributed by atoms with E-state index in [2.05, 4.69) is 5.16 Å². The first-order chi connectivity index (χ1) is 11.0. The molecule has 0 bridgehead atoms. The Hall–Kier alpha value is -2.79. The number of nitrogens with two attached hydrogens (primary N) is 2. The SMILES string of the molecule is Cc1c(N)cccc1/C(N)=N/OC(=O)/C=C/c1ccccc1Cl. The van der Waals surface area contributed by atoms with Gasteiger partial charge < -0.3 is 16.3 Å². The molecule has 2 aromatic rings. The van der Waals surface area contributed by atoms with Gasteiger partial charge in [0.05, 0.1) is 0 Å². The van der Waals surface area contributed by atoms with Crippen LogP contribution in [0.5, 0.6) is 0 Å². The minimum absolute atomic E-state index is 0.0780. The standard InChI is InChI=1S/C17H16ClN3O2/c1-11-13(6-4-8-15(11)19)17(20)21-23-16(22)10-9-12-5-2-3-7-14(12)18/h2-10H,19H2,1H3,(H2,20,21)/b10-9+. The van der Waals surface area contributed by atoms with Crippen molar-refractivity contribution in [1.82, 2.24) is 0 Å². The molecule has 0 saturated carbocycles. The predicted octanol–water partition coefficient (Wildman–Crippen LogP) is 3.11. The van der Waals surface area contributed by atoms with Crippen LogP contribution in [0.15, 0.2) is 53.7 Å². The molecular formula is C17H16ClN3O2. The number of hydrogen-bond acceptors (Lipinski definition) is 4. The molecule has 0 heterocycles. The zero-order valence-corrected chi connectivity index (χ0v) is 13.2. The molecule has 23 heavy (non-hydrogen) atoms. The Kier molecular flexibility index (Phi) is 5.38. The van der Waals surface area contributed by atoms with Crippen LogP contribution in [0.2, 0.25) is 5.02 Å². The summed E-state index contributed by atoms with van der Waals surface area (Å²) in [5.41, 5.74) is 14.3. The molecule has 0 aliphatic carbocycles. The molecule has 0 unspecified atom stereocenters. The molecule has 4 N–H and O–H groups in total. The summed E-state index contributed by atoms with van der Waals surface area (Å²) in [4.78, 5) is 16.4. The lowest BCUT2D eigenvalue weighted by Crippen LogP contribution is -2.16. The molecule has 0 aliphatic rings. The predicted molar refractivity (Wildman–Crippen MR) is 92.9 cm³/mol. The smallest absolute Gasteiger partial charge is 0.358 e. The number of oxime groups is 1. The van der Waals surface area contributed by atoms with Crippen LogP contribution in [0.3, 0.4) is 0 Å². The molecule has 6 heteroatoms. The number of nitrogens with zero attached hydrogens (tertiary/aromatic N) is 1. The van der Waals surface area contributed by atoms with Crippen LogP contribution in [0, 0.1) is 6.92 Å². The second-order valence-corrected chi connectivity index (χ2v) is 5.17.